The van der Waals surface area contributed by atoms with Crippen molar-refractivity contribution in [2.24, 2.45) is 10.9 Å². The topological polar surface area (TPSA) is 67.8 Å². The molecule has 1 rings (SSSR count). The number of hydrogen-bond donors (Lipinski definition) is 2. The van der Waals surface area contributed by atoms with E-state index in [9.17, 15) is 0 Å². The van der Waals surface area contributed by atoms with E-state index in [4.69, 9.17) is 15.7 Å². The SMILES string of the molecule is NC(=NO)C1C=CC=CO1. The van der Waals surface area contributed by atoms with Crippen molar-refractivity contribution in [3.8, 4) is 0 Å². The third kappa shape index (κ3) is 1.28. The van der Waals surface area contributed by atoms with Crippen molar-refractivity contribution in [3.63, 3.8) is 0 Å². The molecule has 1 unspecified atom stereocenters. The number of allylic oxidation sites excluding steroid dienone is 2. The van der Waals surface area contributed by atoms with E-state index >= 15 is 0 Å². The summed E-state index contributed by atoms with van der Waals surface area (Å²) in [6.45, 7) is 0. The number of amidine groups is 1. The fraction of sp³-hybridized carbons (Fsp3) is 0.167. The Morgan fingerprint density at radius 1 is 1.60 bits per heavy atom. The van der Waals surface area contributed by atoms with Gasteiger partial charge in [0.25, 0.3) is 0 Å². The van der Waals surface area contributed by atoms with Gasteiger partial charge in [0, 0.05) is 0 Å². The molecule has 0 fully saturated rings. The van der Waals surface area contributed by atoms with Gasteiger partial charge in [0.05, 0.1) is 6.26 Å². The minimum absolute atomic E-state index is 0.0561. The second kappa shape index (κ2) is 2.91. The predicted octanol–water partition coefficient (Wildman–Crippen LogP) is 0.201. The minimum atomic E-state index is -0.421. The Bertz CT molecular complexity index is 196. The van der Waals surface area contributed by atoms with Crippen LogP contribution in [-0.2, 0) is 4.74 Å². The summed E-state index contributed by atoms with van der Waals surface area (Å²) in [5, 5.41) is 11.0. The first kappa shape index (κ1) is 6.67. The van der Waals surface area contributed by atoms with Crippen molar-refractivity contribution in [2.75, 3.05) is 0 Å². The molecule has 0 radical (unpaired) electrons. The molecule has 3 N–H and O–H groups in total. The molecule has 0 aromatic heterocycles. The van der Waals surface area contributed by atoms with E-state index < -0.39 is 6.10 Å². The Kier molecular flexibility index (Phi) is 1.94. The normalized spacial score (nSPS) is 24.4. The van der Waals surface area contributed by atoms with Crippen LogP contribution in [0.25, 0.3) is 0 Å². The van der Waals surface area contributed by atoms with E-state index in [0.29, 0.717) is 0 Å². The van der Waals surface area contributed by atoms with Crippen molar-refractivity contribution < 1.29 is 9.94 Å². The monoisotopic (exact) mass is 140 g/mol. The van der Waals surface area contributed by atoms with Gasteiger partial charge in [-0.05, 0) is 12.2 Å². The van der Waals surface area contributed by atoms with Crippen LogP contribution < -0.4 is 5.73 Å². The molecule has 0 saturated carbocycles. The number of nitrogens with zero attached hydrogens (tertiary/aromatic N) is 1. The van der Waals surface area contributed by atoms with E-state index in [1.54, 1.807) is 18.2 Å². The lowest BCUT2D eigenvalue weighted by atomic mass is 10.2. The van der Waals surface area contributed by atoms with Gasteiger partial charge >= 0.3 is 0 Å². The van der Waals surface area contributed by atoms with Gasteiger partial charge in [-0.3, -0.25) is 0 Å². The van der Waals surface area contributed by atoms with Crippen molar-refractivity contribution in [1.29, 1.82) is 0 Å². The van der Waals surface area contributed by atoms with Crippen molar-refractivity contribution in [2.45, 2.75) is 6.10 Å². The number of ether oxygens (including phenoxy) is 1. The number of rotatable bonds is 1. The smallest absolute Gasteiger partial charge is 0.184 e. The van der Waals surface area contributed by atoms with Gasteiger partial charge in [-0.1, -0.05) is 11.2 Å². The maximum Gasteiger partial charge on any atom is 0.184 e. The summed E-state index contributed by atoms with van der Waals surface area (Å²) >= 11 is 0. The van der Waals surface area contributed by atoms with Gasteiger partial charge in [0.1, 0.15) is 0 Å². The molecule has 0 spiro atoms. The lowest BCUT2D eigenvalue weighted by Gasteiger charge is -2.11. The van der Waals surface area contributed by atoms with Gasteiger partial charge in [-0.2, -0.15) is 0 Å². The second-order valence-corrected chi connectivity index (χ2v) is 1.79. The molecule has 1 aliphatic heterocycles. The molecule has 1 atom stereocenters. The molecule has 0 aromatic rings. The zero-order chi connectivity index (χ0) is 7.40. The third-order valence-electron chi connectivity index (χ3n) is 1.11. The number of oxime groups is 1. The highest BCUT2D eigenvalue weighted by Crippen LogP contribution is 2.01. The minimum Gasteiger partial charge on any atom is -0.486 e. The zero-order valence-corrected chi connectivity index (χ0v) is 5.27. The van der Waals surface area contributed by atoms with E-state index in [1.807, 2.05) is 0 Å². The second-order valence-electron chi connectivity index (χ2n) is 1.79. The Morgan fingerprint density at radius 2 is 2.40 bits per heavy atom. The van der Waals surface area contributed by atoms with Crippen LogP contribution in [0.2, 0.25) is 0 Å². The average molecular weight is 140 g/mol. The van der Waals surface area contributed by atoms with E-state index in [0.717, 1.165) is 0 Å². The van der Waals surface area contributed by atoms with Crippen LogP contribution in [0.15, 0.2) is 29.6 Å². The molecule has 1 heterocycles. The molecule has 1 aliphatic rings. The highest BCUT2D eigenvalue weighted by molar-refractivity contribution is 5.86. The first-order valence-corrected chi connectivity index (χ1v) is 2.81. The summed E-state index contributed by atoms with van der Waals surface area (Å²) in [5.74, 6) is 0.0561. The largest absolute Gasteiger partial charge is 0.486 e. The van der Waals surface area contributed by atoms with Crippen molar-refractivity contribution >= 4 is 5.84 Å². The zero-order valence-electron chi connectivity index (χ0n) is 5.27. The van der Waals surface area contributed by atoms with E-state index in [2.05, 4.69) is 5.16 Å². The molecule has 54 valence electrons. The summed E-state index contributed by atoms with van der Waals surface area (Å²) < 4.78 is 4.95. The molecule has 0 saturated heterocycles. The van der Waals surface area contributed by atoms with Crippen LogP contribution in [0.4, 0.5) is 0 Å². The highest BCUT2D eigenvalue weighted by atomic mass is 16.5. The molecule has 0 aliphatic carbocycles. The van der Waals surface area contributed by atoms with Gasteiger partial charge in [-0.25, -0.2) is 0 Å². The van der Waals surface area contributed by atoms with E-state index in [1.165, 1.54) is 6.26 Å². The first-order chi connectivity index (χ1) is 4.84. The Labute approximate surface area is 58.3 Å². The summed E-state index contributed by atoms with van der Waals surface area (Å²) in [6, 6.07) is 0. The fourth-order valence-corrected chi connectivity index (χ4v) is 0.611. The Morgan fingerprint density at radius 3 is 2.90 bits per heavy atom. The Balaban J connectivity index is 2.59. The molecule has 4 nitrogen and oxygen atoms in total. The highest BCUT2D eigenvalue weighted by Gasteiger charge is 2.10. The van der Waals surface area contributed by atoms with Gasteiger partial charge in [0.15, 0.2) is 11.9 Å². The van der Waals surface area contributed by atoms with Crippen LogP contribution in [0.3, 0.4) is 0 Å². The summed E-state index contributed by atoms with van der Waals surface area (Å²) in [5.41, 5.74) is 5.24. The van der Waals surface area contributed by atoms with Crippen LogP contribution in [-0.4, -0.2) is 17.1 Å². The molecule has 0 aromatic carbocycles. The standard InChI is InChI=1S/C6H8N2O2/c7-6(8-9)5-3-1-2-4-10-5/h1-5,9H,(H2,7,8). The number of hydrogen-bond acceptors (Lipinski definition) is 3. The maximum absolute atomic E-state index is 8.21. The lowest BCUT2D eigenvalue weighted by molar-refractivity contribution is 0.228. The molecule has 0 bridgehead atoms. The van der Waals surface area contributed by atoms with Crippen LogP contribution in [0.1, 0.15) is 0 Å². The quantitative estimate of drug-likeness (QED) is 0.236. The van der Waals surface area contributed by atoms with Crippen molar-refractivity contribution in [3.05, 3.63) is 24.5 Å². The summed E-state index contributed by atoms with van der Waals surface area (Å²) in [6.07, 6.45) is 6.25. The molecule has 4 heteroatoms. The Hall–Kier alpha value is -1.45. The molecular formula is C6H8N2O2. The van der Waals surface area contributed by atoms with Gasteiger partial charge in [0.2, 0.25) is 0 Å². The van der Waals surface area contributed by atoms with E-state index in [-0.39, 0.29) is 5.84 Å². The van der Waals surface area contributed by atoms with Crippen molar-refractivity contribution in [1.82, 2.24) is 0 Å². The van der Waals surface area contributed by atoms with Crippen LogP contribution in [0, 0.1) is 0 Å². The average Bonchev–Trinajstić information content (AvgIpc) is 2.05. The lowest BCUT2D eigenvalue weighted by Crippen LogP contribution is -2.29. The summed E-state index contributed by atoms with van der Waals surface area (Å²) in [7, 11) is 0. The fourth-order valence-electron chi connectivity index (χ4n) is 0.611. The van der Waals surface area contributed by atoms with Gasteiger partial charge in [-0.15, -0.1) is 0 Å². The van der Waals surface area contributed by atoms with Gasteiger partial charge < -0.3 is 15.7 Å². The first-order valence-electron chi connectivity index (χ1n) is 2.81. The van der Waals surface area contributed by atoms with Crippen LogP contribution >= 0.6 is 0 Å². The predicted molar refractivity (Wildman–Crippen MR) is 36.6 cm³/mol. The van der Waals surface area contributed by atoms with Crippen LogP contribution in [0.5, 0.6) is 0 Å². The maximum atomic E-state index is 8.21. The summed E-state index contributed by atoms with van der Waals surface area (Å²) in [4.78, 5) is 0. The molecular weight excluding hydrogens is 132 g/mol. The number of nitrogens with two attached hydrogens (primary N) is 1. The molecule has 10 heavy (non-hydrogen) atoms. The molecule has 0 amide bonds. The third-order valence-corrected chi connectivity index (χ3v) is 1.11.